The summed E-state index contributed by atoms with van der Waals surface area (Å²) in [5, 5.41) is 9.20. The predicted molar refractivity (Wildman–Crippen MR) is 98.7 cm³/mol. The molecule has 1 aromatic heterocycles. The molecule has 0 unspecified atom stereocenters. The van der Waals surface area contributed by atoms with Crippen molar-refractivity contribution in [1.29, 1.82) is 0 Å². The molecule has 8 heteroatoms. The van der Waals surface area contributed by atoms with Crippen LogP contribution in [0.4, 0.5) is 0 Å². The van der Waals surface area contributed by atoms with E-state index in [0.29, 0.717) is 48.5 Å². The number of hydrogen-bond donors (Lipinski definition) is 0. The van der Waals surface area contributed by atoms with Crippen LogP contribution in [0.15, 0.2) is 35.4 Å². The minimum atomic E-state index is 0.0960. The summed E-state index contributed by atoms with van der Waals surface area (Å²) < 4.78 is 15.9. The molecule has 1 fully saturated rings. The SMILES string of the molecule is COc1ccc(OC)c(-c2ccc(SCC(=O)N3CCOCC3)nn2)c1. The van der Waals surface area contributed by atoms with Crippen molar-refractivity contribution in [3.63, 3.8) is 0 Å². The van der Waals surface area contributed by atoms with Crippen LogP contribution in [0.3, 0.4) is 0 Å². The highest BCUT2D eigenvalue weighted by atomic mass is 32.2. The van der Waals surface area contributed by atoms with Gasteiger partial charge in [0.15, 0.2) is 0 Å². The predicted octanol–water partition coefficient (Wildman–Crippen LogP) is 2.11. The molecule has 2 heterocycles. The summed E-state index contributed by atoms with van der Waals surface area (Å²) >= 11 is 1.38. The van der Waals surface area contributed by atoms with Gasteiger partial charge in [-0.05, 0) is 30.3 Å². The van der Waals surface area contributed by atoms with Gasteiger partial charge in [0.05, 0.1) is 38.9 Å². The van der Waals surface area contributed by atoms with Crippen LogP contribution < -0.4 is 9.47 Å². The smallest absolute Gasteiger partial charge is 0.233 e. The van der Waals surface area contributed by atoms with Crippen LogP contribution in [0, 0.1) is 0 Å². The summed E-state index contributed by atoms with van der Waals surface area (Å²) in [6, 6.07) is 9.25. The molecule has 0 aliphatic carbocycles. The first-order chi connectivity index (χ1) is 12.7. The number of carbonyl (C=O) groups is 1. The number of rotatable bonds is 6. The Morgan fingerprint density at radius 3 is 2.62 bits per heavy atom. The van der Waals surface area contributed by atoms with Gasteiger partial charge < -0.3 is 19.1 Å². The van der Waals surface area contributed by atoms with Gasteiger partial charge in [0.2, 0.25) is 5.91 Å². The Kier molecular flexibility index (Phi) is 6.30. The molecule has 0 atom stereocenters. The van der Waals surface area contributed by atoms with Crippen LogP contribution in [0.25, 0.3) is 11.3 Å². The van der Waals surface area contributed by atoms with Gasteiger partial charge in [-0.15, -0.1) is 10.2 Å². The zero-order valence-corrected chi connectivity index (χ0v) is 15.6. The average molecular weight is 375 g/mol. The van der Waals surface area contributed by atoms with Gasteiger partial charge in [0, 0.05) is 18.7 Å². The highest BCUT2D eigenvalue weighted by molar-refractivity contribution is 7.99. The van der Waals surface area contributed by atoms with Crippen LogP contribution in [-0.4, -0.2) is 67.3 Å². The maximum absolute atomic E-state index is 12.2. The second kappa shape index (κ2) is 8.86. The molecular weight excluding hydrogens is 354 g/mol. The number of hydrogen-bond acceptors (Lipinski definition) is 7. The second-order valence-electron chi connectivity index (χ2n) is 5.60. The summed E-state index contributed by atoms with van der Waals surface area (Å²) in [5.74, 6) is 1.86. The average Bonchev–Trinajstić information content (AvgIpc) is 2.72. The topological polar surface area (TPSA) is 73.8 Å². The maximum atomic E-state index is 12.2. The Labute approximate surface area is 156 Å². The van der Waals surface area contributed by atoms with Crippen molar-refractivity contribution in [2.75, 3.05) is 46.3 Å². The summed E-state index contributed by atoms with van der Waals surface area (Å²) in [5.41, 5.74) is 1.49. The molecule has 2 aromatic rings. The molecule has 26 heavy (non-hydrogen) atoms. The fourth-order valence-corrected chi connectivity index (χ4v) is 3.31. The molecule has 0 spiro atoms. The monoisotopic (exact) mass is 375 g/mol. The van der Waals surface area contributed by atoms with E-state index in [4.69, 9.17) is 14.2 Å². The van der Waals surface area contributed by atoms with E-state index < -0.39 is 0 Å². The van der Waals surface area contributed by atoms with Gasteiger partial charge in [-0.2, -0.15) is 0 Å². The Bertz CT molecular complexity index is 749. The lowest BCUT2D eigenvalue weighted by atomic mass is 10.1. The highest BCUT2D eigenvalue weighted by Gasteiger charge is 2.17. The molecule has 1 aliphatic heterocycles. The van der Waals surface area contributed by atoms with Crippen LogP contribution in [-0.2, 0) is 9.53 Å². The number of carbonyl (C=O) groups excluding carboxylic acids is 1. The fraction of sp³-hybridized carbons (Fsp3) is 0.389. The molecule has 1 amide bonds. The molecule has 0 N–H and O–H groups in total. The minimum Gasteiger partial charge on any atom is -0.497 e. The Morgan fingerprint density at radius 1 is 1.15 bits per heavy atom. The summed E-state index contributed by atoms with van der Waals surface area (Å²) in [6.45, 7) is 2.51. The van der Waals surface area contributed by atoms with Crippen LogP contribution in [0.2, 0.25) is 0 Å². The van der Waals surface area contributed by atoms with Gasteiger partial charge in [0.25, 0.3) is 0 Å². The van der Waals surface area contributed by atoms with Crippen molar-refractivity contribution in [3.05, 3.63) is 30.3 Å². The van der Waals surface area contributed by atoms with Crippen LogP contribution >= 0.6 is 11.8 Å². The molecule has 1 aromatic carbocycles. The number of amides is 1. The first-order valence-electron chi connectivity index (χ1n) is 8.25. The van der Waals surface area contributed by atoms with E-state index in [-0.39, 0.29) is 5.91 Å². The van der Waals surface area contributed by atoms with E-state index in [1.807, 2.05) is 35.2 Å². The fourth-order valence-electron chi connectivity index (χ4n) is 2.59. The quantitative estimate of drug-likeness (QED) is 0.716. The third-order valence-corrected chi connectivity index (χ3v) is 4.93. The van der Waals surface area contributed by atoms with E-state index in [1.54, 1.807) is 14.2 Å². The molecule has 7 nitrogen and oxygen atoms in total. The normalized spacial score (nSPS) is 14.2. The molecule has 0 bridgehead atoms. The van der Waals surface area contributed by atoms with Crippen molar-refractivity contribution >= 4 is 17.7 Å². The molecule has 1 saturated heterocycles. The molecule has 0 saturated carbocycles. The molecule has 138 valence electrons. The van der Waals surface area contributed by atoms with Gasteiger partial charge in [-0.25, -0.2) is 0 Å². The largest absolute Gasteiger partial charge is 0.497 e. The van der Waals surface area contributed by atoms with E-state index in [1.165, 1.54) is 11.8 Å². The summed E-state index contributed by atoms with van der Waals surface area (Å²) in [4.78, 5) is 14.0. The Hall–Kier alpha value is -2.32. The lowest BCUT2D eigenvalue weighted by Gasteiger charge is -2.26. The number of morpholine rings is 1. The number of benzene rings is 1. The van der Waals surface area contributed by atoms with E-state index in [0.717, 1.165) is 11.3 Å². The number of thioether (sulfide) groups is 1. The van der Waals surface area contributed by atoms with E-state index in [2.05, 4.69) is 10.2 Å². The van der Waals surface area contributed by atoms with Gasteiger partial charge in [-0.3, -0.25) is 4.79 Å². The maximum Gasteiger partial charge on any atom is 0.233 e. The van der Waals surface area contributed by atoms with Crippen molar-refractivity contribution in [3.8, 4) is 22.8 Å². The first kappa shape index (κ1) is 18.5. The Balaban J connectivity index is 1.66. The number of ether oxygens (including phenoxy) is 3. The minimum absolute atomic E-state index is 0.0960. The zero-order chi connectivity index (χ0) is 18.4. The van der Waals surface area contributed by atoms with Crippen molar-refractivity contribution in [1.82, 2.24) is 15.1 Å². The van der Waals surface area contributed by atoms with Gasteiger partial charge in [-0.1, -0.05) is 11.8 Å². The van der Waals surface area contributed by atoms with E-state index in [9.17, 15) is 4.79 Å². The summed E-state index contributed by atoms with van der Waals surface area (Å²) in [6.07, 6.45) is 0. The zero-order valence-electron chi connectivity index (χ0n) is 14.8. The van der Waals surface area contributed by atoms with Gasteiger partial charge >= 0.3 is 0 Å². The highest BCUT2D eigenvalue weighted by Crippen LogP contribution is 2.32. The standard InChI is InChI=1S/C18H21N3O4S/c1-23-13-3-5-16(24-2)14(11-13)15-4-6-17(20-19-15)26-12-18(22)21-7-9-25-10-8-21/h3-6,11H,7-10,12H2,1-2H3. The van der Waals surface area contributed by atoms with Crippen molar-refractivity contribution in [2.24, 2.45) is 0 Å². The van der Waals surface area contributed by atoms with E-state index >= 15 is 0 Å². The third-order valence-electron chi connectivity index (χ3n) is 4.03. The molecule has 1 aliphatic rings. The number of methoxy groups -OCH3 is 2. The Morgan fingerprint density at radius 2 is 1.96 bits per heavy atom. The third kappa shape index (κ3) is 4.44. The van der Waals surface area contributed by atoms with Crippen molar-refractivity contribution in [2.45, 2.75) is 5.03 Å². The lowest BCUT2D eigenvalue weighted by Crippen LogP contribution is -2.41. The number of aromatic nitrogens is 2. The molecular formula is C18H21N3O4S. The summed E-state index contributed by atoms with van der Waals surface area (Å²) in [7, 11) is 3.22. The van der Waals surface area contributed by atoms with Crippen LogP contribution in [0.1, 0.15) is 0 Å². The van der Waals surface area contributed by atoms with Gasteiger partial charge in [0.1, 0.15) is 16.5 Å². The first-order valence-corrected chi connectivity index (χ1v) is 9.24. The van der Waals surface area contributed by atoms with Crippen LogP contribution in [0.5, 0.6) is 11.5 Å². The lowest BCUT2D eigenvalue weighted by molar-refractivity contribution is -0.132. The number of nitrogens with zero attached hydrogens (tertiary/aromatic N) is 3. The second-order valence-corrected chi connectivity index (χ2v) is 6.60. The van der Waals surface area contributed by atoms with Crippen molar-refractivity contribution < 1.29 is 19.0 Å². The molecule has 0 radical (unpaired) electrons. The molecule has 3 rings (SSSR count).